The minimum atomic E-state index is -0.126. The molecule has 1 saturated carbocycles. The Morgan fingerprint density at radius 2 is 1.81 bits per heavy atom. The van der Waals surface area contributed by atoms with Crippen molar-refractivity contribution in [2.75, 3.05) is 25.0 Å². The largest absolute Gasteiger partial charge is 0.368 e. The molecule has 3 nitrogen and oxygen atoms in total. The third-order valence-electron chi connectivity index (χ3n) is 4.84. The van der Waals surface area contributed by atoms with Crippen LogP contribution in [0, 0.1) is 5.82 Å². The molecule has 116 valence electrons. The molecule has 1 aromatic carbocycles. The molecule has 0 radical (unpaired) electrons. The monoisotopic (exact) mass is 291 g/mol. The zero-order valence-electron chi connectivity index (χ0n) is 13.3. The predicted molar refractivity (Wildman–Crippen MR) is 85.2 cm³/mol. The van der Waals surface area contributed by atoms with Crippen molar-refractivity contribution in [2.24, 2.45) is 0 Å². The quantitative estimate of drug-likeness (QED) is 0.920. The molecule has 2 aliphatic rings. The average Bonchev–Trinajstić information content (AvgIpc) is 3.25. The topological polar surface area (TPSA) is 18.5 Å². The third-order valence-corrected chi connectivity index (χ3v) is 4.84. The molecule has 0 bridgehead atoms. The Morgan fingerprint density at radius 3 is 2.43 bits per heavy atom. The smallest absolute Gasteiger partial charge is 0.125 e. The van der Waals surface area contributed by atoms with Gasteiger partial charge in [0.05, 0.1) is 0 Å². The summed E-state index contributed by atoms with van der Waals surface area (Å²) >= 11 is 0. The second kappa shape index (κ2) is 5.93. The Bertz CT molecular complexity index is 489. The van der Waals surface area contributed by atoms with E-state index in [-0.39, 0.29) is 5.82 Å². The summed E-state index contributed by atoms with van der Waals surface area (Å²) in [6, 6.07) is 7.10. The molecule has 1 aromatic rings. The number of hydrogen-bond acceptors (Lipinski definition) is 3. The van der Waals surface area contributed by atoms with Gasteiger partial charge in [0.25, 0.3) is 0 Å². The van der Waals surface area contributed by atoms with Crippen molar-refractivity contribution >= 4 is 5.69 Å². The summed E-state index contributed by atoms with van der Waals surface area (Å²) < 4.78 is 13.9. The van der Waals surface area contributed by atoms with Crippen molar-refractivity contribution in [3.8, 4) is 0 Å². The van der Waals surface area contributed by atoms with Crippen LogP contribution in [0.1, 0.15) is 32.3 Å². The van der Waals surface area contributed by atoms with Crippen molar-refractivity contribution in [3.05, 3.63) is 29.6 Å². The zero-order chi connectivity index (χ0) is 15.0. The molecule has 1 N–H and O–H groups in total. The fourth-order valence-electron chi connectivity index (χ4n) is 3.08. The number of likely N-dealkylation sites (N-methyl/N-ethyl adjacent to an activating group) is 1. The van der Waals surface area contributed by atoms with Gasteiger partial charge in [0.15, 0.2) is 0 Å². The highest BCUT2D eigenvalue weighted by atomic mass is 19.1. The van der Waals surface area contributed by atoms with Gasteiger partial charge < -0.3 is 10.2 Å². The zero-order valence-corrected chi connectivity index (χ0v) is 13.3. The van der Waals surface area contributed by atoms with Gasteiger partial charge >= 0.3 is 0 Å². The fourth-order valence-corrected chi connectivity index (χ4v) is 3.08. The van der Waals surface area contributed by atoms with Crippen molar-refractivity contribution in [3.63, 3.8) is 0 Å². The Labute approximate surface area is 127 Å². The first-order chi connectivity index (χ1) is 10.0. The van der Waals surface area contributed by atoms with Crippen molar-refractivity contribution in [1.29, 1.82) is 0 Å². The summed E-state index contributed by atoms with van der Waals surface area (Å²) in [6.07, 6.45) is 2.52. The Balaban J connectivity index is 1.74. The van der Waals surface area contributed by atoms with Crippen LogP contribution in [0.15, 0.2) is 18.2 Å². The van der Waals surface area contributed by atoms with Crippen LogP contribution in [-0.4, -0.2) is 43.2 Å². The first-order valence-corrected chi connectivity index (χ1v) is 8.02. The maximum atomic E-state index is 13.9. The first-order valence-electron chi connectivity index (χ1n) is 8.02. The maximum Gasteiger partial charge on any atom is 0.125 e. The standard InChI is InChI=1S/C17H26FN3/c1-12-10-21(11-13(2)20(12)3)17-7-14(6-15(18)8-17)9-19-16-4-5-16/h6-8,12-13,16,19H,4-5,9-11H2,1-3H3. The summed E-state index contributed by atoms with van der Waals surface area (Å²) in [4.78, 5) is 4.71. The van der Waals surface area contributed by atoms with Crippen LogP contribution < -0.4 is 10.2 Å². The minimum Gasteiger partial charge on any atom is -0.368 e. The van der Waals surface area contributed by atoms with E-state index in [9.17, 15) is 4.39 Å². The summed E-state index contributed by atoms with van der Waals surface area (Å²) in [5.74, 6) is -0.126. The number of rotatable bonds is 4. The molecule has 2 unspecified atom stereocenters. The fraction of sp³-hybridized carbons (Fsp3) is 0.647. The SMILES string of the molecule is CC1CN(c2cc(F)cc(CNC3CC3)c2)CC(C)N1C. The number of nitrogens with zero attached hydrogens (tertiary/aromatic N) is 2. The van der Waals surface area contributed by atoms with Crippen molar-refractivity contribution in [1.82, 2.24) is 10.2 Å². The number of benzene rings is 1. The summed E-state index contributed by atoms with van der Waals surface area (Å²) in [5, 5.41) is 3.46. The Kier molecular flexibility index (Phi) is 4.18. The van der Waals surface area contributed by atoms with Crippen LogP contribution >= 0.6 is 0 Å². The highest BCUT2D eigenvalue weighted by molar-refractivity contribution is 5.50. The number of piperazine rings is 1. The molecule has 0 aromatic heterocycles. The van der Waals surface area contributed by atoms with Crippen LogP contribution in [-0.2, 0) is 6.54 Å². The second-order valence-corrected chi connectivity index (χ2v) is 6.74. The lowest BCUT2D eigenvalue weighted by molar-refractivity contribution is 0.170. The van der Waals surface area contributed by atoms with E-state index < -0.39 is 0 Å². The van der Waals surface area contributed by atoms with Gasteiger partial charge in [-0.05, 0) is 57.5 Å². The lowest BCUT2D eigenvalue weighted by Gasteiger charge is -2.43. The Hall–Kier alpha value is -1.13. The Morgan fingerprint density at radius 1 is 1.14 bits per heavy atom. The minimum absolute atomic E-state index is 0.126. The lowest BCUT2D eigenvalue weighted by atomic mass is 10.1. The molecule has 1 aliphatic heterocycles. The molecule has 2 fully saturated rings. The van der Waals surface area contributed by atoms with Gasteiger partial charge in [-0.3, -0.25) is 4.90 Å². The van der Waals surface area contributed by atoms with Crippen LogP contribution in [0.3, 0.4) is 0 Å². The van der Waals surface area contributed by atoms with E-state index in [1.165, 1.54) is 12.8 Å². The molecule has 21 heavy (non-hydrogen) atoms. The molecule has 3 rings (SSSR count). The van der Waals surface area contributed by atoms with Gasteiger partial charge in [0, 0.05) is 43.4 Å². The van der Waals surface area contributed by atoms with Crippen molar-refractivity contribution in [2.45, 2.75) is 51.4 Å². The molecule has 1 aliphatic carbocycles. The maximum absolute atomic E-state index is 13.9. The van der Waals surface area contributed by atoms with Gasteiger partial charge in [-0.25, -0.2) is 4.39 Å². The highest BCUT2D eigenvalue weighted by Gasteiger charge is 2.27. The molecular weight excluding hydrogens is 265 g/mol. The average molecular weight is 291 g/mol. The van der Waals surface area contributed by atoms with Crippen LogP contribution in [0.4, 0.5) is 10.1 Å². The second-order valence-electron chi connectivity index (χ2n) is 6.74. The van der Waals surface area contributed by atoms with Crippen molar-refractivity contribution < 1.29 is 4.39 Å². The van der Waals surface area contributed by atoms with Crippen LogP contribution in [0.25, 0.3) is 0 Å². The van der Waals surface area contributed by atoms with E-state index in [0.29, 0.717) is 18.1 Å². The van der Waals surface area contributed by atoms with Gasteiger partial charge in [-0.2, -0.15) is 0 Å². The molecule has 1 heterocycles. The summed E-state index contributed by atoms with van der Waals surface area (Å²) in [7, 11) is 2.17. The molecule has 0 spiro atoms. The van der Waals surface area contributed by atoms with Crippen LogP contribution in [0.5, 0.6) is 0 Å². The lowest BCUT2D eigenvalue weighted by Crippen LogP contribution is -2.55. The van der Waals surface area contributed by atoms with Gasteiger partial charge in [-0.15, -0.1) is 0 Å². The summed E-state index contributed by atoms with van der Waals surface area (Å²) in [5.41, 5.74) is 2.07. The van der Waals surface area contributed by atoms with E-state index in [1.54, 1.807) is 12.1 Å². The molecule has 0 amide bonds. The number of hydrogen-bond donors (Lipinski definition) is 1. The van der Waals surface area contributed by atoms with Gasteiger partial charge in [0.1, 0.15) is 5.82 Å². The highest BCUT2D eigenvalue weighted by Crippen LogP contribution is 2.25. The van der Waals surface area contributed by atoms with E-state index in [0.717, 1.165) is 30.9 Å². The van der Waals surface area contributed by atoms with E-state index >= 15 is 0 Å². The van der Waals surface area contributed by atoms with E-state index in [1.807, 2.05) is 0 Å². The molecular formula is C17H26FN3. The number of nitrogens with one attached hydrogen (secondary N) is 1. The van der Waals surface area contributed by atoms with Crippen LogP contribution in [0.2, 0.25) is 0 Å². The number of halogens is 1. The predicted octanol–water partition coefficient (Wildman–Crippen LogP) is 2.61. The number of anilines is 1. The molecule has 2 atom stereocenters. The normalized spacial score (nSPS) is 27.1. The van der Waals surface area contributed by atoms with Gasteiger partial charge in [0.2, 0.25) is 0 Å². The third kappa shape index (κ3) is 3.55. The molecule has 1 saturated heterocycles. The van der Waals surface area contributed by atoms with E-state index in [4.69, 9.17) is 0 Å². The van der Waals surface area contributed by atoms with E-state index in [2.05, 4.69) is 42.1 Å². The van der Waals surface area contributed by atoms with Gasteiger partial charge in [-0.1, -0.05) is 0 Å². The first kappa shape index (κ1) is 14.8. The summed E-state index contributed by atoms with van der Waals surface area (Å²) in [6.45, 7) is 7.16. The molecule has 4 heteroatoms.